The molecule has 0 amide bonds. The minimum absolute atomic E-state index is 0.110. The van der Waals surface area contributed by atoms with Gasteiger partial charge < -0.3 is 4.74 Å². The van der Waals surface area contributed by atoms with Crippen LogP contribution < -0.4 is 9.03 Å². The normalized spacial score (nSPS) is 17.9. The van der Waals surface area contributed by atoms with Crippen LogP contribution in [-0.4, -0.2) is 48.6 Å². The molecule has 7 nitrogen and oxygen atoms in total. The molecule has 1 aliphatic rings. The van der Waals surface area contributed by atoms with Crippen LogP contribution in [0.25, 0.3) is 0 Å². The van der Waals surface area contributed by atoms with Gasteiger partial charge in [-0.1, -0.05) is 0 Å². The summed E-state index contributed by atoms with van der Waals surface area (Å²) in [6, 6.07) is 4.87. The third-order valence-corrected chi connectivity index (χ3v) is 6.75. The van der Waals surface area contributed by atoms with Crippen LogP contribution in [0.1, 0.15) is 18.4 Å². The van der Waals surface area contributed by atoms with Gasteiger partial charge in [-0.05, 0) is 43.5 Å². The average Bonchev–Trinajstić information content (AvgIpc) is 2.45. The number of hydrogen-bond donors (Lipinski definition) is 1. The van der Waals surface area contributed by atoms with Crippen molar-refractivity contribution in [2.75, 3.05) is 40.8 Å². The summed E-state index contributed by atoms with van der Waals surface area (Å²) in [7, 11) is -5.32. The first-order chi connectivity index (χ1) is 10.7. The highest BCUT2D eigenvalue weighted by Gasteiger charge is 2.27. The minimum Gasteiger partial charge on any atom is -0.384 e. The lowest BCUT2D eigenvalue weighted by molar-refractivity contribution is 0.217. The zero-order chi connectivity index (χ0) is 17.1. The third-order valence-electron chi connectivity index (χ3n) is 3.64. The fourth-order valence-corrected chi connectivity index (χ4v) is 5.16. The summed E-state index contributed by atoms with van der Waals surface area (Å²) >= 11 is 0. The molecule has 9 heteroatoms. The van der Waals surface area contributed by atoms with Gasteiger partial charge in [-0.25, -0.2) is 16.8 Å². The molecule has 0 unspecified atom stereocenters. The fourth-order valence-electron chi connectivity index (χ4n) is 2.48. The van der Waals surface area contributed by atoms with Crippen molar-refractivity contribution in [3.8, 4) is 0 Å². The van der Waals surface area contributed by atoms with E-state index in [2.05, 4.69) is 4.72 Å². The van der Waals surface area contributed by atoms with E-state index in [0.29, 0.717) is 29.9 Å². The molecule has 0 bridgehead atoms. The highest BCUT2D eigenvalue weighted by atomic mass is 32.2. The molecule has 1 aliphatic heterocycles. The molecule has 0 aromatic heterocycles. The van der Waals surface area contributed by atoms with Crippen molar-refractivity contribution in [3.63, 3.8) is 0 Å². The number of aryl methyl sites for hydroxylation is 1. The van der Waals surface area contributed by atoms with Crippen LogP contribution in [0.3, 0.4) is 0 Å². The quantitative estimate of drug-likeness (QED) is 0.824. The Bertz CT molecular complexity index is 759. The Morgan fingerprint density at radius 2 is 2.04 bits per heavy atom. The molecule has 0 atom stereocenters. The molecule has 130 valence electrons. The van der Waals surface area contributed by atoms with Crippen molar-refractivity contribution >= 4 is 31.4 Å². The SMILES string of the molecule is COCCS(=O)(=O)Nc1ccc(N2CCCCS2(=O)=O)c(C)c1. The van der Waals surface area contributed by atoms with E-state index in [4.69, 9.17) is 4.74 Å². The lowest BCUT2D eigenvalue weighted by Crippen LogP contribution is -2.38. The third kappa shape index (κ3) is 4.58. The zero-order valence-corrected chi connectivity index (χ0v) is 14.9. The first-order valence-corrected chi connectivity index (χ1v) is 10.6. The van der Waals surface area contributed by atoms with Crippen molar-refractivity contribution < 1.29 is 21.6 Å². The standard InChI is InChI=1S/C14H22N2O5S2/c1-12-11-13(15-22(17,18)10-8-21-2)5-6-14(12)16-7-3-4-9-23(16,19)20/h5-6,11,15H,3-4,7-10H2,1-2H3. The van der Waals surface area contributed by atoms with Gasteiger partial charge in [0.2, 0.25) is 20.0 Å². The van der Waals surface area contributed by atoms with Crippen LogP contribution in [0.5, 0.6) is 0 Å². The van der Waals surface area contributed by atoms with Crippen LogP contribution in [0, 0.1) is 6.92 Å². The number of nitrogens with one attached hydrogen (secondary N) is 1. The van der Waals surface area contributed by atoms with Gasteiger partial charge in [0.25, 0.3) is 0 Å². The predicted molar refractivity (Wildman–Crippen MR) is 90.8 cm³/mol. The molecule has 1 N–H and O–H groups in total. The van der Waals surface area contributed by atoms with E-state index in [1.54, 1.807) is 25.1 Å². The maximum absolute atomic E-state index is 12.2. The maximum atomic E-state index is 12.2. The summed E-state index contributed by atoms with van der Waals surface area (Å²) in [6.07, 6.45) is 1.50. The van der Waals surface area contributed by atoms with Gasteiger partial charge in [0, 0.05) is 19.3 Å². The number of methoxy groups -OCH3 is 1. The summed E-state index contributed by atoms with van der Waals surface area (Å²) in [6.45, 7) is 2.34. The van der Waals surface area contributed by atoms with Crippen LogP contribution in [0.15, 0.2) is 18.2 Å². The van der Waals surface area contributed by atoms with Gasteiger partial charge in [-0.3, -0.25) is 9.03 Å². The van der Waals surface area contributed by atoms with Gasteiger partial charge in [0.05, 0.1) is 23.8 Å². The Labute approximate surface area is 137 Å². The van der Waals surface area contributed by atoms with Crippen molar-refractivity contribution in [3.05, 3.63) is 23.8 Å². The molecule has 1 heterocycles. The first-order valence-electron chi connectivity index (χ1n) is 7.36. The smallest absolute Gasteiger partial charge is 0.235 e. The highest BCUT2D eigenvalue weighted by molar-refractivity contribution is 7.93. The number of benzene rings is 1. The van der Waals surface area contributed by atoms with Crippen molar-refractivity contribution in [1.29, 1.82) is 0 Å². The summed E-state index contributed by atoms with van der Waals surface area (Å²) in [5.74, 6) is 0.0165. The molecule has 1 saturated heterocycles. The van der Waals surface area contributed by atoms with Gasteiger partial charge in [0.15, 0.2) is 0 Å². The Balaban J connectivity index is 2.21. The molecular weight excluding hydrogens is 340 g/mol. The van der Waals surface area contributed by atoms with Gasteiger partial charge in [0.1, 0.15) is 0 Å². The molecule has 0 saturated carbocycles. The summed E-state index contributed by atoms with van der Waals surface area (Å²) < 4.78 is 56.7. The summed E-state index contributed by atoms with van der Waals surface area (Å²) in [5.41, 5.74) is 1.73. The predicted octanol–water partition coefficient (Wildman–Crippen LogP) is 1.31. The average molecular weight is 362 g/mol. The number of anilines is 2. The highest BCUT2D eigenvalue weighted by Crippen LogP contribution is 2.29. The van der Waals surface area contributed by atoms with Crippen LogP contribution in [-0.2, 0) is 24.8 Å². The van der Waals surface area contributed by atoms with Crippen molar-refractivity contribution in [2.45, 2.75) is 19.8 Å². The van der Waals surface area contributed by atoms with Gasteiger partial charge in [-0.2, -0.15) is 0 Å². The van der Waals surface area contributed by atoms with E-state index in [0.717, 1.165) is 6.42 Å². The largest absolute Gasteiger partial charge is 0.384 e. The van der Waals surface area contributed by atoms with Crippen molar-refractivity contribution in [1.82, 2.24) is 0 Å². The molecule has 1 aromatic rings. The van der Waals surface area contributed by atoms with Crippen LogP contribution in [0.2, 0.25) is 0 Å². The zero-order valence-electron chi connectivity index (χ0n) is 13.3. The summed E-state index contributed by atoms with van der Waals surface area (Å²) in [4.78, 5) is 0. The number of nitrogens with zero attached hydrogens (tertiary/aromatic N) is 1. The molecule has 0 radical (unpaired) electrons. The van der Waals surface area contributed by atoms with Crippen LogP contribution in [0.4, 0.5) is 11.4 Å². The second-order valence-electron chi connectivity index (χ2n) is 5.51. The Morgan fingerprint density at radius 1 is 1.30 bits per heavy atom. The number of ether oxygens (including phenoxy) is 1. The van der Waals surface area contributed by atoms with E-state index < -0.39 is 20.0 Å². The maximum Gasteiger partial charge on any atom is 0.235 e. The van der Waals surface area contributed by atoms with E-state index in [1.165, 1.54) is 11.4 Å². The summed E-state index contributed by atoms with van der Waals surface area (Å²) in [5, 5.41) is 0. The van der Waals surface area contributed by atoms with E-state index in [9.17, 15) is 16.8 Å². The molecule has 23 heavy (non-hydrogen) atoms. The minimum atomic E-state index is -3.48. The number of rotatable bonds is 6. The number of hydrogen-bond acceptors (Lipinski definition) is 5. The monoisotopic (exact) mass is 362 g/mol. The fraction of sp³-hybridized carbons (Fsp3) is 0.571. The van der Waals surface area contributed by atoms with Crippen molar-refractivity contribution in [2.24, 2.45) is 0 Å². The molecule has 0 aliphatic carbocycles. The Kier molecular flexibility index (Phi) is 5.53. The molecule has 1 fully saturated rings. The Hall–Kier alpha value is -1.32. The van der Waals surface area contributed by atoms with E-state index >= 15 is 0 Å². The van der Waals surface area contributed by atoms with Gasteiger partial charge >= 0.3 is 0 Å². The molecule has 2 rings (SSSR count). The molecule has 0 spiro atoms. The topological polar surface area (TPSA) is 92.8 Å². The lowest BCUT2D eigenvalue weighted by atomic mass is 10.1. The van der Waals surface area contributed by atoms with Crippen LogP contribution >= 0.6 is 0 Å². The Morgan fingerprint density at radius 3 is 2.65 bits per heavy atom. The second-order valence-corrected chi connectivity index (χ2v) is 9.36. The number of sulfonamides is 2. The van der Waals surface area contributed by atoms with E-state index in [1.807, 2.05) is 0 Å². The molecular formula is C14H22N2O5S2. The lowest BCUT2D eigenvalue weighted by Gasteiger charge is -2.29. The second kappa shape index (κ2) is 7.06. The van der Waals surface area contributed by atoms with Gasteiger partial charge in [-0.15, -0.1) is 0 Å². The first kappa shape index (κ1) is 18.0. The van der Waals surface area contributed by atoms with E-state index in [-0.39, 0.29) is 18.1 Å². The molecule has 1 aromatic carbocycles.